The number of hydrogen-bond donors (Lipinski definition) is 2. The van der Waals surface area contributed by atoms with Gasteiger partial charge in [0.1, 0.15) is 0 Å². The van der Waals surface area contributed by atoms with Crippen LogP contribution < -0.4 is 5.32 Å². The number of hydrogen-bond acceptors (Lipinski definition) is 3. The van der Waals surface area contributed by atoms with Gasteiger partial charge in [0, 0.05) is 10.4 Å². The van der Waals surface area contributed by atoms with Crippen LogP contribution >= 0.6 is 11.6 Å². The number of carboxylic acid groups (broad SMARTS) is 1. The third-order valence-corrected chi connectivity index (χ3v) is 5.37. The first-order valence-electron chi connectivity index (χ1n) is 9.75. The summed E-state index contributed by atoms with van der Waals surface area (Å²) in [5.74, 6) is -1.21. The van der Waals surface area contributed by atoms with Crippen LogP contribution in [0.3, 0.4) is 0 Å². The molecule has 0 radical (unpaired) electrons. The third kappa shape index (κ3) is 4.44. The minimum atomic E-state index is -0.983. The van der Waals surface area contributed by atoms with E-state index in [1.807, 2.05) is 43.3 Å². The van der Waals surface area contributed by atoms with E-state index in [1.165, 1.54) is 12.1 Å². The molecule has 0 spiro atoms. The summed E-state index contributed by atoms with van der Waals surface area (Å²) < 4.78 is 1.79. The number of aromatic carboxylic acids is 1. The maximum Gasteiger partial charge on any atom is 0.335 e. The molecular formula is C24H20ClN3O3. The normalized spacial score (nSPS) is 11.9. The average molecular weight is 434 g/mol. The van der Waals surface area contributed by atoms with Crippen LogP contribution in [0.25, 0.3) is 10.9 Å². The highest BCUT2D eigenvalue weighted by molar-refractivity contribution is 6.30. The topological polar surface area (TPSA) is 84.2 Å². The molecule has 3 aromatic carbocycles. The highest BCUT2D eigenvalue weighted by Crippen LogP contribution is 2.22. The van der Waals surface area contributed by atoms with Gasteiger partial charge >= 0.3 is 5.97 Å². The molecule has 1 atom stereocenters. The average Bonchev–Trinajstić information content (AvgIpc) is 3.16. The van der Waals surface area contributed by atoms with E-state index < -0.39 is 5.97 Å². The standard InChI is InChI=1S/C24H20ClN3O3/c1-15(17-8-10-18(11-9-17)24(30)31)27-23(29)21-7-3-5-19-13-26-28(22(19)21)14-16-4-2-6-20(25)12-16/h2-13,15H,14H2,1H3,(H,27,29)(H,30,31). The maximum atomic E-state index is 13.1. The molecule has 156 valence electrons. The molecule has 0 aliphatic carbocycles. The van der Waals surface area contributed by atoms with Gasteiger partial charge in [0.05, 0.1) is 35.4 Å². The number of para-hydroxylation sites is 1. The van der Waals surface area contributed by atoms with Crippen LogP contribution in [0.15, 0.2) is 72.9 Å². The highest BCUT2D eigenvalue weighted by Gasteiger charge is 2.17. The van der Waals surface area contributed by atoms with Crippen molar-refractivity contribution in [2.45, 2.75) is 19.5 Å². The van der Waals surface area contributed by atoms with Crippen molar-refractivity contribution < 1.29 is 14.7 Å². The Morgan fingerprint density at radius 1 is 1.10 bits per heavy atom. The molecule has 0 saturated heterocycles. The van der Waals surface area contributed by atoms with E-state index in [2.05, 4.69) is 10.4 Å². The second kappa shape index (κ2) is 8.62. The Balaban J connectivity index is 1.60. The van der Waals surface area contributed by atoms with Gasteiger partial charge in [-0.25, -0.2) is 4.79 Å². The summed E-state index contributed by atoms with van der Waals surface area (Å²) in [6.45, 7) is 2.34. The molecule has 4 aromatic rings. The molecule has 0 fully saturated rings. The van der Waals surface area contributed by atoms with Crippen LogP contribution in [0.4, 0.5) is 0 Å². The van der Waals surface area contributed by atoms with Gasteiger partial charge < -0.3 is 10.4 Å². The molecular weight excluding hydrogens is 414 g/mol. The van der Waals surface area contributed by atoms with Gasteiger partial charge in [0.15, 0.2) is 0 Å². The molecule has 2 N–H and O–H groups in total. The molecule has 0 saturated carbocycles. The monoisotopic (exact) mass is 433 g/mol. The zero-order valence-electron chi connectivity index (χ0n) is 16.7. The van der Waals surface area contributed by atoms with Gasteiger partial charge in [-0.05, 0) is 48.4 Å². The molecule has 31 heavy (non-hydrogen) atoms. The Morgan fingerprint density at radius 2 is 1.84 bits per heavy atom. The largest absolute Gasteiger partial charge is 0.478 e. The number of amides is 1. The Kier molecular flexibility index (Phi) is 5.73. The first-order valence-corrected chi connectivity index (χ1v) is 10.1. The number of nitrogens with zero attached hydrogens (tertiary/aromatic N) is 2. The summed E-state index contributed by atoms with van der Waals surface area (Å²) in [7, 11) is 0. The number of carbonyl (C=O) groups is 2. The first kappa shape index (κ1) is 20.6. The van der Waals surface area contributed by atoms with Crippen molar-refractivity contribution in [2.75, 3.05) is 0 Å². The van der Waals surface area contributed by atoms with Crippen molar-refractivity contribution in [3.63, 3.8) is 0 Å². The second-order valence-electron chi connectivity index (χ2n) is 7.30. The fourth-order valence-corrected chi connectivity index (χ4v) is 3.74. The number of fused-ring (bicyclic) bond motifs is 1. The lowest BCUT2D eigenvalue weighted by molar-refractivity contribution is 0.0696. The Labute approximate surface area is 184 Å². The Morgan fingerprint density at radius 3 is 2.55 bits per heavy atom. The molecule has 0 aliphatic heterocycles. The Hall–Kier alpha value is -3.64. The maximum absolute atomic E-state index is 13.1. The summed E-state index contributed by atoms with van der Waals surface area (Å²) in [4.78, 5) is 24.1. The third-order valence-electron chi connectivity index (χ3n) is 5.13. The number of carbonyl (C=O) groups excluding carboxylic acids is 1. The van der Waals surface area contributed by atoms with Crippen molar-refractivity contribution in [1.82, 2.24) is 15.1 Å². The fraction of sp³-hybridized carbons (Fsp3) is 0.125. The summed E-state index contributed by atoms with van der Waals surface area (Å²) in [6, 6.07) is 19.2. The van der Waals surface area contributed by atoms with E-state index >= 15 is 0 Å². The summed E-state index contributed by atoms with van der Waals surface area (Å²) in [5, 5.41) is 18.0. The van der Waals surface area contributed by atoms with Crippen molar-refractivity contribution >= 4 is 34.4 Å². The van der Waals surface area contributed by atoms with Crippen LogP contribution in [0.2, 0.25) is 5.02 Å². The van der Waals surface area contributed by atoms with E-state index in [-0.39, 0.29) is 17.5 Å². The van der Waals surface area contributed by atoms with E-state index in [4.69, 9.17) is 16.7 Å². The van der Waals surface area contributed by atoms with Crippen molar-refractivity contribution in [3.8, 4) is 0 Å². The summed E-state index contributed by atoms with van der Waals surface area (Å²) >= 11 is 6.10. The molecule has 6 nitrogen and oxygen atoms in total. The summed E-state index contributed by atoms with van der Waals surface area (Å²) in [5.41, 5.74) is 3.27. The van der Waals surface area contributed by atoms with E-state index in [0.717, 1.165) is 22.0 Å². The zero-order valence-corrected chi connectivity index (χ0v) is 17.5. The molecule has 0 aliphatic rings. The number of halogens is 1. The van der Waals surface area contributed by atoms with Gasteiger partial charge in [-0.15, -0.1) is 0 Å². The second-order valence-corrected chi connectivity index (χ2v) is 7.73. The predicted octanol–water partition coefficient (Wildman–Crippen LogP) is 4.93. The zero-order chi connectivity index (χ0) is 22.0. The molecule has 1 amide bonds. The Bertz CT molecular complexity index is 1260. The molecule has 4 rings (SSSR count). The highest BCUT2D eigenvalue weighted by atomic mass is 35.5. The first-order chi connectivity index (χ1) is 14.9. The number of benzene rings is 3. The van der Waals surface area contributed by atoms with Gasteiger partial charge in [-0.2, -0.15) is 5.10 Å². The van der Waals surface area contributed by atoms with Crippen molar-refractivity contribution in [1.29, 1.82) is 0 Å². The van der Waals surface area contributed by atoms with Crippen molar-refractivity contribution in [2.24, 2.45) is 0 Å². The molecule has 0 bridgehead atoms. The molecule has 1 aromatic heterocycles. The SMILES string of the molecule is CC(NC(=O)c1cccc2cnn(Cc3cccc(Cl)c3)c12)c1ccc(C(=O)O)cc1. The number of carboxylic acids is 1. The van der Waals surface area contributed by atoms with Crippen LogP contribution in [0, 0.1) is 0 Å². The summed E-state index contributed by atoms with van der Waals surface area (Å²) in [6.07, 6.45) is 1.74. The van der Waals surface area contributed by atoms with Crippen LogP contribution in [0.1, 0.15) is 44.8 Å². The number of aromatic nitrogens is 2. The predicted molar refractivity (Wildman–Crippen MR) is 120 cm³/mol. The van der Waals surface area contributed by atoms with E-state index in [9.17, 15) is 9.59 Å². The van der Waals surface area contributed by atoms with Gasteiger partial charge in [0.2, 0.25) is 0 Å². The van der Waals surface area contributed by atoms with Crippen LogP contribution in [-0.2, 0) is 6.54 Å². The fourth-order valence-electron chi connectivity index (χ4n) is 3.53. The smallest absolute Gasteiger partial charge is 0.335 e. The lowest BCUT2D eigenvalue weighted by atomic mass is 10.0. The van der Waals surface area contributed by atoms with Crippen LogP contribution in [0.5, 0.6) is 0 Å². The lowest BCUT2D eigenvalue weighted by Crippen LogP contribution is -2.27. The van der Waals surface area contributed by atoms with Crippen molar-refractivity contribution in [3.05, 3.63) is 100 Å². The molecule has 7 heteroatoms. The van der Waals surface area contributed by atoms with Gasteiger partial charge in [0.25, 0.3) is 5.91 Å². The van der Waals surface area contributed by atoms with Crippen LogP contribution in [-0.4, -0.2) is 26.8 Å². The van der Waals surface area contributed by atoms with E-state index in [1.54, 1.807) is 29.1 Å². The van der Waals surface area contributed by atoms with Gasteiger partial charge in [-0.3, -0.25) is 9.48 Å². The minimum absolute atomic E-state index is 0.206. The van der Waals surface area contributed by atoms with E-state index in [0.29, 0.717) is 17.1 Å². The number of nitrogens with one attached hydrogen (secondary N) is 1. The molecule has 1 heterocycles. The van der Waals surface area contributed by atoms with Gasteiger partial charge in [-0.1, -0.05) is 48.0 Å². The number of rotatable bonds is 6. The lowest BCUT2D eigenvalue weighted by Gasteiger charge is -2.16. The quantitative estimate of drug-likeness (QED) is 0.451. The molecule has 1 unspecified atom stereocenters. The minimum Gasteiger partial charge on any atom is -0.478 e.